The molecule has 0 amide bonds. The third kappa shape index (κ3) is 2.32. The van der Waals surface area contributed by atoms with Crippen molar-refractivity contribution in [1.82, 2.24) is 19.4 Å². The average Bonchev–Trinajstić information content (AvgIpc) is 3.06. The molecule has 0 fully saturated rings. The minimum absolute atomic E-state index is 0.0915. The van der Waals surface area contributed by atoms with E-state index in [1.54, 1.807) is 17.5 Å². The van der Waals surface area contributed by atoms with E-state index in [1.165, 1.54) is 0 Å². The second-order valence-corrected chi connectivity index (χ2v) is 5.47. The van der Waals surface area contributed by atoms with Gasteiger partial charge in [0, 0.05) is 30.5 Å². The maximum atomic E-state index is 4.54. The Morgan fingerprint density at radius 1 is 1.35 bits per heavy atom. The molecular weight excluding hydrogens is 272 g/mol. The quantitative estimate of drug-likeness (QED) is 0.772. The second kappa shape index (κ2) is 5.09. The Hall–Kier alpha value is -2.15. The summed E-state index contributed by atoms with van der Waals surface area (Å²) in [6, 6.07) is 0.0915. The summed E-state index contributed by atoms with van der Waals surface area (Å²) in [6.45, 7) is 4.07. The molecule has 3 heterocycles. The van der Waals surface area contributed by atoms with Gasteiger partial charge in [0.05, 0.1) is 12.2 Å². The minimum Gasteiger partial charge on any atom is -0.372 e. The normalized spacial score (nSPS) is 12.6. The Balaban J connectivity index is 1.95. The number of aromatic nitrogens is 4. The first-order valence-corrected chi connectivity index (χ1v) is 7.25. The summed E-state index contributed by atoms with van der Waals surface area (Å²) >= 11 is 1.65. The van der Waals surface area contributed by atoms with Crippen molar-refractivity contribution < 1.29 is 0 Å². The number of aryl methyl sites for hydroxylation is 1. The van der Waals surface area contributed by atoms with Crippen LogP contribution in [0.5, 0.6) is 0 Å². The lowest BCUT2D eigenvalue weighted by Gasteiger charge is -2.13. The van der Waals surface area contributed by atoms with Crippen LogP contribution in [0.1, 0.15) is 23.7 Å². The minimum atomic E-state index is 0.0915. The summed E-state index contributed by atoms with van der Waals surface area (Å²) in [4.78, 5) is 13.4. The molecule has 3 rings (SSSR count). The van der Waals surface area contributed by atoms with Gasteiger partial charge in [0.25, 0.3) is 0 Å². The highest BCUT2D eigenvalue weighted by molar-refractivity contribution is 7.09. The van der Waals surface area contributed by atoms with Crippen LogP contribution in [0.3, 0.4) is 0 Å². The zero-order valence-corrected chi connectivity index (χ0v) is 12.4. The van der Waals surface area contributed by atoms with E-state index in [0.29, 0.717) is 0 Å². The first-order valence-electron chi connectivity index (χ1n) is 6.37. The van der Waals surface area contributed by atoms with E-state index >= 15 is 0 Å². The Bertz CT molecular complexity index is 731. The van der Waals surface area contributed by atoms with Crippen LogP contribution in [0.15, 0.2) is 24.0 Å². The number of hydrogen-bond acceptors (Lipinski definition) is 6. The van der Waals surface area contributed by atoms with E-state index in [-0.39, 0.29) is 6.04 Å². The van der Waals surface area contributed by atoms with Crippen molar-refractivity contribution in [2.45, 2.75) is 19.9 Å². The monoisotopic (exact) mass is 288 g/mol. The number of rotatable bonds is 4. The highest BCUT2D eigenvalue weighted by Crippen LogP contribution is 2.24. The van der Waals surface area contributed by atoms with Gasteiger partial charge in [-0.1, -0.05) is 0 Å². The third-order valence-corrected chi connectivity index (χ3v) is 4.14. The molecule has 3 aromatic heterocycles. The van der Waals surface area contributed by atoms with Gasteiger partial charge in [-0.05, 0) is 13.8 Å². The molecule has 0 bridgehead atoms. The molecule has 0 spiro atoms. The van der Waals surface area contributed by atoms with E-state index < -0.39 is 0 Å². The van der Waals surface area contributed by atoms with E-state index in [9.17, 15) is 0 Å². The molecule has 0 aromatic carbocycles. The highest BCUT2D eigenvalue weighted by Gasteiger charge is 2.13. The van der Waals surface area contributed by atoms with Gasteiger partial charge in [0.1, 0.15) is 10.8 Å². The van der Waals surface area contributed by atoms with E-state index in [1.807, 2.05) is 30.8 Å². The van der Waals surface area contributed by atoms with Crippen LogP contribution in [-0.4, -0.2) is 26.4 Å². The smallest absolute Gasteiger partial charge is 0.180 e. The van der Waals surface area contributed by atoms with Crippen molar-refractivity contribution in [3.8, 4) is 0 Å². The summed E-state index contributed by atoms with van der Waals surface area (Å²) in [6.07, 6.45) is 5.58. The summed E-state index contributed by atoms with van der Waals surface area (Å²) in [5, 5.41) is 9.54. The number of nitrogens with one attached hydrogen (secondary N) is 2. The van der Waals surface area contributed by atoms with E-state index in [2.05, 4.69) is 37.9 Å². The van der Waals surface area contributed by atoms with Crippen molar-refractivity contribution in [2.75, 3.05) is 17.7 Å². The maximum Gasteiger partial charge on any atom is 0.180 e. The Morgan fingerprint density at radius 2 is 2.20 bits per heavy atom. The Labute approximate surface area is 120 Å². The lowest BCUT2D eigenvalue weighted by molar-refractivity contribution is 0.854. The van der Waals surface area contributed by atoms with Gasteiger partial charge in [-0.15, -0.1) is 11.3 Å². The van der Waals surface area contributed by atoms with Crippen molar-refractivity contribution in [3.05, 3.63) is 34.7 Å². The van der Waals surface area contributed by atoms with Crippen molar-refractivity contribution in [1.29, 1.82) is 0 Å². The zero-order valence-electron chi connectivity index (χ0n) is 11.6. The molecule has 0 saturated heterocycles. The Kier molecular flexibility index (Phi) is 3.27. The van der Waals surface area contributed by atoms with Crippen LogP contribution in [0.25, 0.3) is 5.65 Å². The van der Waals surface area contributed by atoms with Crippen LogP contribution in [-0.2, 0) is 0 Å². The lowest BCUT2D eigenvalue weighted by atomic mass is 10.3. The SMILES string of the molecule is CNc1cn2ccnc2c(NC(C)c2nc(C)cs2)n1. The molecule has 1 unspecified atom stereocenters. The van der Waals surface area contributed by atoms with Gasteiger partial charge in [-0.2, -0.15) is 0 Å². The molecule has 20 heavy (non-hydrogen) atoms. The fourth-order valence-corrected chi connectivity index (χ4v) is 2.79. The molecule has 0 aliphatic rings. The second-order valence-electron chi connectivity index (χ2n) is 4.58. The number of hydrogen-bond donors (Lipinski definition) is 2. The number of thiazole rings is 1. The molecule has 3 aromatic rings. The van der Waals surface area contributed by atoms with E-state index in [0.717, 1.165) is 28.0 Å². The number of nitrogens with zero attached hydrogens (tertiary/aromatic N) is 4. The van der Waals surface area contributed by atoms with Crippen LogP contribution < -0.4 is 10.6 Å². The number of anilines is 2. The van der Waals surface area contributed by atoms with Gasteiger partial charge in [0.2, 0.25) is 0 Å². The number of imidazole rings is 1. The highest BCUT2D eigenvalue weighted by atomic mass is 32.1. The third-order valence-electron chi connectivity index (χ3n) is 2.99. The molecular formula is C13H16N6S. The largest absolute Gasteiger partial charge is 0.372 e. The van der Waals surface area contributed by atoms with Crippen molar-refractivity contribution in [2.24, 2.45) is 0 Å². The molecule has 7 heteroatoms. The van der Waals surface area contributed by atoms with Crippen LogP contribution in [0.2, 0.25) is 0 Å². The van der Waals surface area contributed by atoms with Crippen LogP contribution in [0, 0.1) is 6.92 Å². The van der Waals surface area contributed by atoms with Gasteiger partial charge in [-0.25, -0.2) is 15.0 Å². The van der Waals surface area contributed by atoms with Gasteiger partial charge in [-0.3, -0.25) is 0 Å². The molecule has 0 aliphatic heterocycles. The first-order chi connectivity index (χ1) is 9.67. The van der Waals surface area contributed by atoms with Crippen molar-refractivity contribution in [3.63, 3.8) is 0 Å². The Morgan fingerprint density at radius 3 is 2.90 bits per heavy atom. The standard InChI is InChI=1S/C13H16N6S/c1-8-7-20-13(16-8)9(2)17-11-12-15-4-5-19(12)6-10(14-3)18-11/h4-7,9,14H,1-3H3,(H,17,18). The maximum absolute atomic E-state index is 4.54. The zero-order chi connectivity index (χ0) is 14.1. The topological polar surface area (TPSA) is 67.1 Å². The van der Waals surface area contributed by atoms with Gasteiger partial charge < -0.3 is 15.0 Å². The van der Waals surface area contributed by atoms with Crippen molar-refractivity contribution >= 4 is 28.6 Å². The molecule has 0 radical (unpaired) electrons. The molecule has 6 nitrogen and oxygen atoms in total. The summed E-state index contributed by atoms with van der Waals surface area (Å²) < 4.78 is 1.95. The molecule has 0 aliphatic carbocycles. The summed E-state index contributed by atoms with van der Waals surface area (Å²) in [5.41, 5.74) is 1.85. The molecule has 104 valence electrons. The van der Waals surface area contributed by atoms with E-state index in [4.69, 9.17) is 0 Å². The number of fused-ring (bicyclic) bond motifs is 1. The molecule has 1 atom stereocenters. The summed E-state index contributed by atoms with van der Waals surface area (Å²) in [7, 11) is 1.85. The van der Waals surface area contributed by atoms with Crippen LogP contribution >= 0.6 is 11.3 Å². The van der Waals surface area contributed by atoms with Crippen LogP contribution in [0.4, 0.5) is 11.6 Å². The summed E-state index contributed by atoms with van der Waals surface area (Å²) in [5.74, 6) is 1.54. The predicted molar refractivity (Wildman–Crippen MR) is 81.4 cm³/mol. The lowest BCUT2D eigenvalue weighted by Crippen LogP contribution is -2.10. The fraction of sp³-hybridized carbons (Fsp3) is 0.308. The predicted octanol–water partition coefficient (Wildman–Crippen LogP) is 2.71. The molecule has 0 saturated carbocycles. The molecule has 2 N–H and O–H groups in total. The van der Waals surface area contributed by atoms with Gasteiger partial charge >= 0.3 is 0 Å². The van der Waals surface area contributed by atoms with Gasteiger partial charge in [0.15, 0.2) is 11.5 Å². The average molecular weight is 288 g/mol. The first kappa shape index (κ1) is 12.9. The fourth-order valence-electron chi connectivity index (χ4n) is 1.99.